The average molecular weight is 442 g/mol. The number of carbonyl (C=O) groups excluding carboxylic acids is 2. The van der Waals surface area contributed by atoms with Crippen LogP contribution in [0.1, 0.15) is 46.4 Å². The van der Waals surface area contributed by atoms with E-state index in [4.69, 9.17) is 9.84 Å². The van der Waals surface area contributed by atoms with Crippen LogP contribution >= 0.6 is 11.3 Å². The van der Waals surface area contributed by atoms with Crippen molar-refractivity contribution in [2.45, 2.75) is 58.8 Å². The van der Waals surface area contributed by atoms with Gasteiger partial charge in [-0.3, -0.25) is 14.5 Å². The Kier molecular flexibility index (Phi) is 5.47. The Morgan fingerprint density at radius 1 is 1.32 bits per heavy atom. The first kappa shape index (κ1) is 21.3. The Balaban J connectivity index is 1.52. The van der Waals surface area contributed by atoms with E-state index in [1.54, 1.807) is 50.1 Å². The second kappa shape index (κ2) is 7.96. The molecule has 8 nitrogen and oxygen atoms in total. The second-order valence-electron chi connectivity index (χ2n) is 8.89. The Hall–Kier alpha value is -2.94. The minimum atomic E-state index is -0.679. The predicted octanol–water partition coefficient (Wildman–Crippen LogP) is 3.98. The van der Waals surface area contributed by atoms with Crippen LogP contribution in [0.4, 0.5) is 4.79 Å². The Bertz CT molecular complexity index is 1130. The molecule has 3 aromatic rings. The standard InChI is InChI=1S/C22H27N5O3S/c1-13-11-26(20(28)14(2)24-21(29)30-22(3,4)5)12-15-10-18(25-27(13)15)16-6-8-23-17-7-9-31-19(16)17/h6-10,13-14H,11-12H2,1-5H3,(H,24,29)/t13-,14-/m0/s1. The number of thiophene rings is 1. The fourth-order valence-corrected chi connectivity index (χ4v) is 4.66. The highest BCUT2D eigenvalue weighted by atomic mass is 32.1. The van der Waals surface area contributed by atoms with E-state index < -0.39 is 17.7 Å². The lowest BCUT2D eigenvalue weighted by molar-refractivity contribution is -0.135. The number of rotatable bonds is 3. The van der Waals surface area contributed by atoms with Gasteiger partial charge in [-0.25, -0.2) is 4.79 Å². The minimum Gasteiger partial charge on any atom is -0.444 e. The fourth-order valence-electron chi connectivity index (χ4n) is 3.78. The number of hydrogen-bond acceptors (Lipinski definition) is 6. The van der Waals surface area contributed by atoms with Crippen molar-refractivity contribution in [1.29, 1.82) is 0 Å². The van der Waals surface area contributed by atoms with E-state index in [0.29, 0.717) is 13.1 Å². The Morgan fingerprint density at radius 3 is 2.84 bits per heavy atom. The molecule has 164 valence electrons. The van der Waals surface area contributed by atoms with Gasteiger partial charge in [-0.1, -0.05) is 0 Å². The van der Waals surface area contributed by atoms with Crippen molar-refractivity contribution in [3.05, 3.63) is 35.5 Å². The molecule has 0 bridgehead atoms. The van der Waals surface area contributed by atoms with E-state index in [0.717, 1.165) is 27.2 Å². The number of hydrogen-bond donors (Lipinski definition) is 1. The van der Waals surface area contributed by atoms with Crippen LogP contribution in [0.3, 0.4) is 0 Å². The fraction of sp³-hybridized carbons (Fsp3) is 0.455. The molecule has 2 atom stereocenters. The van der Waals surface area contributed by atoms with Gasteiger partial charge in [-0.2, -0.15) is 5.10 Å². The van der Waals surface area contributed by atoms with Gasteiger partial charge in [0.05, 0.1) is 34.2 Å². The van der Waals surface area contributed by atoms with Crippen molar-refractivity contribution >= 4 is 33.6 Å². The molecule has 4 heterocycles. The molecule has 3 aromatic heterocycles. The number of nitrogens with one attached hydrogen (secondary N) is 1. The zero-order valence-electron chi connectivity index (χ0n) is 18.4. The van der Waals surface area contributed by atoms with E-state index in [-0.39, 0.29) is 11.9 Å². The normalized spacial score (nSPS) is 17.3. The van der Waals surface area contributed by atoms with E-state index in [2.05, 4.69) is 10.3 Å². The molecule has 0 radical (unpaired) electrons. The van der Waals surface area contributed by atoms with Gasteiger partial charge < -0.3 is 15.0 Å². The zero-order chi connectivity index (χ0) is 22.3. The summed E-state index contributed by atoms with van der Waals surface area (Å²) in [5.74, 6) is -0.142. The van der Waals surface area contributed by atoms with Crippen LogP contribution in [0.5, 0.6) is 0 Å². The van der Waals surface area contributed by atoms with Gasteiger partial charge in [0.2, 0.25) is 5.91 Å². The van der Waals surface area contributed by atoms with Crippen molar-refractivity contribution in [1.82, 2.24) is 25.0 Å². The van der Waals surface area contributed by atoms with Crippen LogP contribution in [0, 0.1) is 0 Å². The molecule has 0 unspecified atom stereocenters. The van der Waals surface area contributed by atoms with E-state index in [1.807, 2.05) is 35.2 Å². The summed E-state index contributed by atoms with van der Waals surface area (Å²) in [5, 5.41) is 9.49. The van der Waals surface area contributed by atoms with Gasteiger partial charge in [-0.15, -0.1) is 11.3 Å². The zero-order valence-corrected chi connectivity index (χ0v) is 19.2. The van der Waals surface area contributed by atoms with Crippen LogP contribution in [0.2, 0.25) is 0 Å². The summed E-state index contributed by atoms with van der Waals surface area (Å²) in [6.45, 7) is 10.1. The number of ether oxygens (including phenoxy) is 1. The molecule has 4 rings (SSSR count). The molecule has 9 heteroatoms. The number of alkyl carbamates (subject to hydrolysis) is 1. The van der Waals surface area contributed by atoms with Gasteiger partial charge in [0.1, 0.15) is 11.6 Å². The molecular formula is C22H27N5O3S. The van der Waals surface area contributed by atoms with E-state index in [1.165, 1.54) is 0 Å². The van der Waals surface area contributed by atoms with Gasteiger partial charge in [-0.05, 0) is 58.2 Å². The third-order valence-electron chi connectivity index (χ3n) is 5.10. The first-order valence-corrected chi connectivity index (χ1v) is 11.2. The van der Waals surface area contributed by atoms with Gasteiger partial charge in [0.15, 0.2) is 0 Å². The second-order valence-corrected chi connectivity index (χ2v) is 9.81. The summed E-state index contributed by atoms with van der Waals surface area (Å²) in [4.78, 5) is 31.2. The van der Waals surface area contributed by atoms with Crippen molar-refractivity contribution in [3.63, 3.8) is 0 Å². The number of amides is 2. The van der Waals surface area contributed by atoms with Gasteiger partial charge in [0.25, 0.3) is 0 Å². The number of aromatic nitrogens is 3. The molecule has 2 amide bonds. The summed E-state index contributed by atoms with van der Waals surface area (Å²) < 4.78 is 8.36. The van der Waals surface area contributed by atoms with E-state index >= 15 is 0 Å². The lowest BCUT2D eigenvalue weighted by Crippen LogP contribution is -2.50. The third-order valence-corrected chi connectivity index (χ3v) is 6.04. The highest BCUT2D eigenvalue weighted by molar-refractivity contribution is 7.17. The maximum absolute atomic E-state index is 13.0. The summed E-state index contributed by atoms with van der Waals surface area (Å²) in [7, 11) is 0. The number of fused-ring (bicyclic) bond motifs is 2. The molecule has 0 saturated carbocycles. The SMILES string of the molecule is C[C@H](NC(=O)OC(C)(C)C)C(=O)N1Cc2cc(-c3ccnc4ccsc34)nn2[C@@H](C)C1. The average Bonchev–Trinajstić information content (AvgIpc) is 3.32. The van der Waals surface area contributed by atoms with Crippen LogP contribution in [0.15, 0.2) is 29.8 Å². The van der Waals surface area contributed by atoms with Gasteiger partial charge >= 0.3 is 6.09 Å². The topological polar surface area (TPSA) is 89.3 Å². The first-order chi connectivity index (χ1) is 14.6. The predicted molar refractivity (Wildman–Crippen MR) is 120 cm³/mol. The Labute approximate surface area is 185 Å². The van der Waals surface area contributed by atoms with Crippen LogP contribution < -0.4 is 5.32 Å². The van der Waals surface area contributed by atoms with E-state index in [9.17, 15) is 9.59 Å². The molecular weight excluding hydrogens is 414 g/mol. The molecule has 0 fully saturated rings. The van der Waals surface area contributed by atoms with Crippen molar-refractivity contribution in [2.75, 3.05) is 6.54 Å². The highest BCUT2D eigenvalue weighted by Gasteiger charge is 2.31. The third kappa shape index (κ3) is 4.41. The van der Waals surface area contributed by atoms with Crippen LogP contribution in [-0.4, -0.2) is 49.9 Å². The van der Waals surface area contributed by atoms with Gasteiger partial charge in [0, 0.05) is 18.3 Å². The largest absolute Gasteiger partial charge is 0.444 e. The lowest BCUT2D eigenvalue weighted by Gasteiger charge is -2.34. The van der Waals surface area contributed by atoms with Crippen LogP contribution in [0.25, 0.3) is 21.5 Å². The summed E-state index contributed by atoms with van der Waals surface area (Å²) in [5.41, 5.74) is 3.24. The molecule has 31 heavy (non-hydrogen) atoms. The Morgan fingerprint density at radius 2 is 2.10 bits per heavy atom. The molecule has 0 aromatic carbocycles. The number of pyridine rings is 1. The summed E-state index contributed by atoms with van der Waals surface area (Å²) >= 11 is 1.65. The van der Waals surface area contributed by atoms with Crippen molar-refractivity contribution < 1.29 is 14.3 Å². The number of carbonyl (C=O) groups is 2. The molecule has 1 N–H and O–H groups in total. The number of nitrogens with zero attached hydrogens (tertiary/aromatic N) is 4. The summed E-state index contributed by atoms with van der Waals surface area (Å²) in [6, 6.07) is 5.36. The molecule has 0 aliphatic carbocycles. The molecule has 0 saturated heterocycles. The van der Waals surface area contributed by atoms with Crippen molar-refractivity contribution in [3.8, 4) is 11.3 Å². The quantitative estimate of drug-likeness (QED) is 0.664. The molecule has 1 aliphatic heterocycles. The lowest BCUT2D eigenvalue weighted by atomic mass is 10.1. The highest BCUT2D eigenvalue weighted by Crippen LogP contribution is 2.33. The maximum atomic E-state index is 13.0. The molecule has 0 spiro atoms. The van der Waals surface area contributed by atoms with Crippen molar-refractivity contribution in [2.24, 2.45) is 0 Å². The van der Waals surface area contributed by atoms with Crippen LogP contribution in [-0.2, 0) is 16.1 Å². The summed E-state index contributed by atoms with van der Waals surface area (Å²) in [6.07, 6.45) is 1.20. The molecule has 1 aliphatic rings. The monoisotopic (exact) mass is 441 g/mol. The minimum absolute atomic E-state index is 0.0239. The smallest absolute Gasteiger partial charge is 0.408 e. The first-order valence-electron chi connectivity index (χ1n) is 10.3. The maximum Gasteiger partial charge on any atom is 0.408 e.